The van der Waals surface area contributed by atoms with Crippen molar-refractivity contribution in [2.45, 2.75) is 32.7 Å². The quantitative estimate of drug-likeness (QED) is 0.794. The second-order valence-corrected chi connectivity index (χ2v) is 5.16. The van der Waals surface area contributed by atoms with Crippen molar-refractivity contribution in [3.8, 4) is 0 Å². The van der Waals surface area contributed by atoms with Gasteiger partial charge in [-0.25, -0.2) is 0 Å². The molecule has 2 heteroatoms. The van der Waals surface area contributed by atoms with Gasteiger partial charge in [-0.1, -0.05) is 19.9 Å². The van der Waals surface area contributed by atoms with Gasteiger partial charge >= 0.3 is 0 Å². The van der Waals surface area contributed by atoms with Gasteiger partial charge in [-0.2, -0.15) is 0 Å². The summed E-state index contributed by atoms with van der Waals surface area (Å²) in [7, 11) is 2.20. The summed E-state index contributed by atoms with van der Waals surface area (Å²) in [6.45, 7) is 6.64. The minimum absolute atomic E-state index is 0.612. The largest absolute Gasteiger partial charge is 0.347 e. The van der Waals surface area contributed by atoms with Gasteiger partial charge in [0.25, 0.3) is 0 Å². The maximum Gasteiger partial charge on any atom is 0.0483 e. The van der Waals surface area contributed by atoms with Crippen LogP contribution in [0.5, 0.6) is 0 Å². The molecule has 0 saturated heterocycles. The summed E-state index contributed by atoms with van der Waals surface area (Å²) in [5.74, 6) is 0.612. The van der Waals surface area contributed by atoms with E-state index in [0.29, 0.717) is 5.92 Å². The monoisotopic (exact) mass is 228 g/mol. The summed E-state index contributed by atoms with van der Waals surface area (Å²) in [4.78, 5) is 0. The van der Waals surface area contributed by atoms with E-state index in [1.807, 2.05) is 0 Å². The Kier molecular flexibility index (Phi) is 2.48. The molecule has 90 valence electrons. The standard InChI is InChI=1S/C15H20N2/c1-4-11-5-6-14-12(7-11)13-9-16-8-10(2)15(13)17(14)3/h5-7,10,16H,4,8-9H2,1-3H3. The molecule has 1 aromatic heterocycles. The molecule has 0 radical (unpaired) electrons. The van der Waals surface area contributed by atoms with E-state index in [9.17, 15) is 0 Å². The molecule has 1 N–H and O–H groups in total. The summed E-state index contributed by atoms with van der Waals surface area (Å²) in [5, 5.41) is 4.97. The molecule has 1 aromatic carbocycles. The normalized spacial score (nSPS) is 19.6. The molecule has 0 bridgehead atoms. The summed E-state index contributed by atoms with van der Waals surface area (Å²) in [6, 6.07) is 6.90. The lowest BCUT2D eigenvalue weighted by molar-refractivity contribution is 0.548. The molecule has 1 atom stereocenters. The Balaban J connectivity index is 2.32. The molecule has 2 nitrogen and oxygen atoms in total. The minimum atomic E-state index is 0.612. The van der Waals surface area contributed by atoms with E-state index in [1.165, 1.54) is 27.7 Å². The molecule has 2 heterocycles. The molecule has 3 rings (SSSR count). The lowest BCUT2D eigenvalue weighted by atomic mass is 9.97. The smallest absolute Gasteiger partial charge is 0.0483 e. The van der Waals surface area contributed by atoms with Gasteiger partial charge in [-0.05, 0) is 29.7 Å². The van der Waals surface area contributed by atoms with Crippen molar-refractivity contribution >= 4 is 10.9 Å². The number of fused-ring (bicyclic) bond motifs is 3. The predicted octanol–water partition coefficient (Wildman–Crippen LogP) is 2.95. The third-order valence-electron chi connectivity index (χ3n) is 4.05. The van der Waals surface area contributed by atoms with Crippen molar-refractivity contribution in [2.75, 3.05) is 6.54 Å². The molecule has 0 saturated carbocycles. The highest BCUT2D eigenvalue weighted by Gasteiger charge is 2.23. The maximum absolute atomic E-state index is 3.52. The van der Waals surface area contributed by atoms with Gasteiger partial charge in [0.15, 0.2) is 0 Å². The summed E-state index contributed by atoms with van der Waals surface area (Å²) in [6.07, 6.45) is 1.11. The number of aromatic nitrogens is 1. The number of hydrogen-bond donors (Lipinski definition) is 1. The molecule has 1 aliphatic rings. The van der Waals surface area contributed by atoms with Gasteiger partial charge in [0.05, 0.1) is 0 Å². The molecule has 2 aromatic rings. The fourth-order valence-electron chi connectivity index (χ4n) is 3.13. The van der Waals surface area contributed by atoms with Crippen LogP contribution >= 0.6 is 0 Å². The number of rotatable bonds is 1. The Morgan fingerprint density at radius 3 is 3.00 bits per heavy atom. The van der Waals surface area contributed by atoms with E-state index >= 15 is 0 Å². The Hall–Kier alpha value is -1.28. The summed E-state index contributed by atoms with van der Waals surface area (Å²) < 4.78 is 2.38. The van der Waals surface area contributed by atoms with Crippen LogP contribution in [0.15, 0.2) is 18.2 Å². The Labute approximate surface area is 103 Å². The Morgan fingerprint density at radius 2 is 2.24 bits per heavy atom. The van der Waals surface area contributed by atoms with Gasteiger partial charge in [0, 0.05) is 42.7 Å². The van der Waals surface area contributed by atoms with Crippen LogP contribution in [-0.2, 0) is 20.0 Å². The molecule has 0 aliphatic carbocycles. The Morgan fingerprint density at radius 1 is 1.41 bits per heavy atom. The lowest BCUT2D eigenvalue weighted by Crippen LogP contribution is -2.27. The predicted molar refractivity (Wildman–Crippen MR) is 72.4 cm³/mol. The number of nitrogens with one attached hydrogen (secondary N) is 1. The zero-order valence-corrected chi connectivity index (χ0v) is 10.9. The number of hydrogen-bond acceptors (Lipinski definition) is 1. The molecule has 0 amide bonds. The van der Waals surface area contributed by atoms with Crippen molar-refractivity contribution in [1.82, 2.24) is 9.88 Å². The van der Waals surface area contributed by atoms with Crippen LogP contribution in [0.25, 0.3) is 10.9 Å². The highest BCUT2D eigenvalue weighted by molar-refractivity contribution is 5.86. The van der Waals surface area contributed by atoms with Crippen molar-refractivity contribution < 1.29 is 0 Å². The molecule has 0 fully saturated rings. The number of nitrogens with zero attached hydrogens (tertiary/aromatic N) is 1. The van der Waals surface area contributed by atoms with E-state index in [2.05, 4.69) is 49.0 Å². The topological polar surface area (TPSA) is 17.0 Å². The summed E-state index contributed by atoms with van der Waals surface area (Å²) >= 11 is 0. The van der Waals surface area contributed by atoms with Crippen LogP contribution in [0.3, 0.4) is 0 Å². The first kappa shape index (κ1) is 10.8. The third kappa shape index (κ3) is 1.51. The van der Waals surface area contributed by atoms with E-state index in [1.54, 1.807) is 0 Å². The number of aryl methyl sites for hydroxylation is 2. The van der Waals surface area contributed by atoms with Crippen LogP contribution in [-0.4, -0.2) is 11.1 Å². The second-order valence-electron chi connectivity index (χ2n) is 5.16. The van der Waals surface area contributed by atoms with E-state index < -0.39 is 0 Å². The van der Waals surface area contributed by atoms with Crippen LogP contribution in [0.1, 0.15) is 36.6 Å². The van der Waals surface area contributed by atoms with E-state index in [0.717, 1.165) is 19.5 Å². The summed E-state index contributed by atoms with van der Waals surface area (Å²) in [5.41, 5.74) is 5.84. The molecule has 1 unspecified atom stereocenters. The van der Waals surface area contributed by atoms with Crippen molar-refractivity contribution in [2.24, 2.45) is 7.05 Å². The highest BCUT2D eigenvalue weighted by atomic mass is 15.0. The van der Waals surface area contributed by atoms with Crippen molar-refractivity contribution in [3.05, 3.63) is 35.0 Å². The van der Waals surface area contributed by atoms with E-state index in [4.69, 9.17) is 0 Å². The lowest BCUT2D eigenvalue weighted by Gasteiger charge is -2.22. The molecule has 1 aliphatic heterocycles. The van der Waals surface area contributed by atoms with Crippen molar-refractivity contribution in [1.29, 1.82) is 0 Å². The Bertz CT molecular complexity index is 566. The molecule has 17 heavy (non-hydrogen) atoms. The van der Waals surface area contributed by atoms with Crippen molar-refractivity contribution in [3.63, 3.8) is 0 Å². The fraction of sp³-hybridized carbons (Fsp3) is 0.467. The van der Waals surface area contributed by atoms with Crippen LogP contribution in [0.2, 0.25) is 0 Å². The molecular weight excluding hydrogens is 208 g/mol. The zero-order chi connectivity index (χ0) is 12.0. The van der Waals surface area contributed by atoms with Gasteiger partial charge in [0.2, 0.25) is 0 Å². The molecule has 0 spiro atoms. The highest BCUT2D eigenvalue weighted by Crippen LogP contribution is 2.33. The van der Waals surface area contributed by atoms with Gasteiger partial charge in [-0.3, -0.25) is 0 Å². The van der Waals surface area contributed by atoms with E-state index in [-0.39, 0.29) is 0 Å². The van der Waals surface area contributed by atoms with Crippen LogP contribution < -0.4 is 5.32 Å². The first-order valence-electron chi connectivity index (χ1n) is 6.53. The van der Waals surface area contributed by atoms with Gasteiger partial charge in [-0.15, -0.1) is 0 Å². The average molecular weight is 228 g/mol. The SMILES string of the molecule is CCc1ccc2c(c1)c1c(n2C)C(C)CNC1. The fourth-order valence-corrected chi connectivity index (χ4v) is 3.13. The van der Waals surface area contributed by atoms with Gasteiger partial charge in [0.1, 0.15) is 0 Å². The maximum atomic E-state index is 3.52. The molecular formula is C15H20N2. The zero-order valence-electron chi connectivity index (χ0n) is 10.9. The average Bonchev–Trinajstić information content (AvgIpc) is 2.64. The first-order chi connectivity index (χ1) is 8.22. The minimum Gasteiger partial charge on any atom is -0.347 e. The third-order valence-corrected chi connectivity index (χ3v) is 4.05. The number of benzene rings is 1. The van der Waals surface area contributed by atoms with Gasteiger partial charge < -0.3 is 9.88 Å². The van der Waals surface area contributed by atoms with Crippen LogP contribution in [0, 0.1) is 0 Å². The van der Waals surface area contributed by atoms with Crippen LogP contribution in [0.4, 0.5) is 0 Å². The second kappa shape index (κ2) is 3.88. The first-order valence-corrected chi connectivity index (χ1v) is 6.53.